The minimum Gasteiger partial charge on any atom is -0.508 e. The van der Waals surface area contributed by atoms with Gasteiger partial charge in [0.25, 0.3) is 0 Å². The van der Waals surface area contributed by atoms with Gasteiger partial charge in [-0.05, 0) is 67.1 Å². The molecule has 0 spiro atoms. The molecule has 0 aliphatic carbocycles. The summed E-state index contributed by atoms with van der Waals surface area (Å²) in [5.41, 5.74) is 17.3. The van der Waals surface area contributed by atoms with Gasteiger partial charge < -0.3 is 64.2 Å². The number of primary amides is 1. The molecule has 20 nitrogen and oxygen atoms in total. The maximum Gasteiger partial charge on any atom is 0.326 e. The Morgan fingerprint density at radius 2 is 1.04 bits per heavy atom. The van der Waals surface area contributed by atoms with Gasteiger partial charge in [0, 0.05) is 12.8 Å². The Kier molecular flexibility index (Phi) is 18.9. The molecule has 312 valence electrons. The quantitative estimate of drug-likeness (QED) is 0.0504. The molecule has 20 heteroatoms. The number of aromatic hydroxyl groups is 2. The third-order valence-electron chi connectivity index (χ3n) is 8.60. The number of unbranched alkanes of at least 4 members (excludes halogenated alkanes) is 1. The lowest BCUT2D eigenvalue weighted by atomic mass is 9.99. The fraction of sp³-hybridized carbons (Fsp3) is 0.459. The highest BCUT2D eigenvalue weighted by molar-refractivity contribution is 5.98. The Balaban J connectivity index is 2.36. The fourth-order valence-electron chi connectivity index (χ4n) is 5.47. The number of carbonyl (C=O) groups is 8. The van der Waals surface area contributed by atoms with E-state index in [0.717, 1.165) is 0 Å². The van der Waals surface area contributed by atoms with Gasteiger partial charge in [-0.2, -0.15) is 0 Å². The third-order valence-corrected chi connectivity index (χ3v) is 8.60. The summed E-state index contributed by atoms with van der Waals surface area (Å²) in [4.78, 5) is 103. The van der Waals surface area contributed by atoms with E-state index in [-0.39, 0.29) is 30.8 Å². The number of carbonyl (C=O) groups excluding carboxylic acids is 6. The molecular formula is C37H52N8O12. The van der Waals surface area contributed by atoms with Gasteiger partial charge in [-0.1, -0.05) is 38.1 Å². The van der Waals surface area contributed by atoms with Gasteiger partial charge in [0.1, 0.15) is 41.7 Å². The van der Waals surface area contributed by atoms with Crippen LogP contribution in [0.4, 0.5) is 0 Å². The molecule has 2 aromatic carbocycles. The number of benzene rings is 2. The maximum atomic E-state index is 13.7. The Labute approximate surface area is 328 Å². The highest BCUT2D eigenvalue weighted by Gasteiger charge is 2.35. The smallest absolute Gasteiger partial charge is 0.326 e. The minimum atomic E-state index is -1.82. The molecule has 2 aromatic rings. The van der Waals surface area contributed by atoms with Crippen LogP contribution in [0.5, 0.6) is 11.5 Å². The van der Waals surface area contributed by atoms with Crippen LogP contribution >= 0.6 is 0 Å². The molecule has 15 N–H and O–H groups in total. The lowest BCUT2D eigenvalue weighted by Crippen LogP contribution is -2.61. The number of nitrogens with one attached hydrogen (secondary N) is 5. The first-order valence-corrected chi connectivity index (χ1v) is 18.1. The number of hydrogen-bond acceptors (Lipinski definition) is 12. The molecule has 6 amide bonds. The zero-order valence-electron chi connectivity index (χ0n) is 31.6. The van der Waals surface area contributed by atoms with Crippen molar-refractivity contribution in [3.05, 3.63) is 59.7 Å². The monoisotopic (exact) mass is 800 g/mol. The van der Waals surface area contributed by atoms with Gasteiger partial charge in [-0.25, -0.2) is 4.79 Å². The van der Waals surface area contributed by atoms with Gasteiger partial charge >= 0.3 is 11.9 Å². The van der Waals surface area contributed by atoms with Crippen LogP contribution in [0.2, 0.25) is 0 Å². The summed E-state index contributed by atoms with van der Waals surface area (Å²) in [5.74, 6) is -9.46. The van der Waals surface area contributed by atoms with Crippen LogP contribution in [0, 0.1) is 5.92 Å². The second-order valence-corrected chi connectivity index (χ2v) is 13.7. The van der Waals surface area contributed by atoms with Gasteiger partial charge in [-0.3, -0.25) is 33.6 Å². The van der Waals surface area contributed by atoms with E-state index < -0.39 is 102 Å². The predicted octanol–water partition coefficient (Wildman–Crippen LogP) is -2.15. The highest BCUT2D eigenvalue weighted by atomic mass is 16.4. The summed E-state index contributed by atoms with van der Waals surface area (Å²) >= 11 is 0. The first-order valence-electron chi connectivity index (χ1n) is 18.1. The summed E-state index contributed by atoms with van der Waals surface area (Å²) in [6, 6.07) is 2.30. The van der Waals surface area contributed by atoms with Crippen molar-refractivity contribution in [3.8, 4) is 11.5 Å². The number of phenolic OH excluding ortho intramolecular Hbond substituents is 2. The summed E-state index contributed by atoms with van der Waals surface area (Å²) in [7, 11) is 0. The second-order valence-electron chi connectivity index (χ2n) is 13.7. The van der Waals surface area contributed by atoms with Crippen molar-refractivity contribution in [2.45, 2.75) is 95.0 Å². The fourth-order valence-corrected chi connectivity index (χ4v) is 5.47. The first kappa shape index (κ1) is 46.9. The van der Waals surface area contributed by atoms with E-state index in [9.17, 15) is 58.8 Å². The average molecular weight is 801 g/mol. The molecule has 0 unspecified atom stereocenters. The number of nitrogens with two attached hydrogens (primary N) is 3. The van der Waals surface area contributed by atoms with Crippen molar-refractivity contribution < 1.29 is 58.8 Å². The van der Waals surface area contributed by atoms with Crippen molar-refractivity contribution in [2.24, 2.45) is 23.1 Å². The molecule has 57 heavy (non-hydrogen) atoms. The van der Waals surface area contributed by atoms with E-state index in [0.29, 0.717) is 30.5 Å². The summed E-state index contributed by atoms with van der Waals surface area (Å²) < 4.78 is 0. The summed E-state index contributed by atoms with van der Waals surface area (Å²) in [6.07, 6.45) is -1.03. The number of aliphatic carboxylic acids is 2. The Morgan fingerprint density at radius 3 is 1.47 bits per heavy atom. The standard InChI is InChI=1S/C37H52N8O12/c1-19(2)31(45-35(54)27(16-21-8-12-23(47)13-9-21)42-32(51)24(39)17-29(40)48)36(55)44-28(18-30(49)50)34(53)43-26(15-20-6-10-22(46)11-7-20)33(52)41-25(37(56)57)5-3-4-14-38/h6-13,19,24-28,31,46-47H,3-5,14-18,38-39H2,1-2H3,(H2,40,48)(H,41,52)(H,42,51)(H,43,53)(H,44,55)(H,45,54)(H,49,50)(H,56,57)/t24-,25-,26-,27-,28-,31-/m0/s1. The van der Waals surface area contributed by atoms with E-state index >= 15 is 0 Å². The molecule has 6 atom stereocenters. The molecule has 2 rings (SSSR count). The molecule has 0 fully saturated rings. The molecule has 0 saturated heterocycles. The summed E-state index contributed by atoms with van der Waals surface area (Å²) in [6.45, 7) is 3.37. The predicted molar refractivity (Wildman–Crippen MR) is 203 cm³/mol. The number of carboxylic acid groups (broad SMARTS) is 2. The molecular weight excluding hydrogens is 748 g/mol. The van der Waals surface area contributed by atoms with Crippen LogP contribution < -0.4 is 43.8 Å². The van der Waals surface area contributed by atoms with E-state index in [1.807, 2.05) is 0 Å². The lowest BCUT2D eigenvalue weighted by Gasteiger charge is -2.28. The third kappa shape index (κ3) is 16.5. The molecule has 0 radical (unpaired) electrons. The van der Waals surface area contributed by atoms with Gasteiger partial charge in [0.2, 0.25) is 35.4 Å². The molecule has 0 bridgehead atoms. The van der Waals surface area contributed by atoms with Gasteiger partial charge in [0.05, 0.1) is 18.9 Å². The SMILES string of the molecule is CC(C)[C@H](NC(=O)[C@H](Cc1ccc(O)cc1)NC(=O)[C@@H](N)CC(N)=O)C(=O)N[C@@H](CC(=O)O)C(=O)N[C@@H](Cc1ccc(O)cc1)C(=O)N[C@@H](CCCCN)C(=O)O. The van der Waals surface area contributed by atoms with E-state index in [2.05, 4.69) is 26.6 Å². The lowest BCUT2D eigenvalue weighted by molar-refractivity contribution is -0.143. The van der Waals surface area contributed by atoms with Crippen LogP contribution in [-0.4, -0.2) is 111 Å². The average Bonchev–Trinajstić information content (AvgIpc) is 3.13. The number of hydrogen-bond donors (Lipinski definition) is 12. The molecule has 0 aliphatic heterocycles. The van der Waals surface area contributed by atoms with Crippen LogP contribution in [-0.2, 0) is 51.2 Å². The number of phenols is 2. The molecule has 0 aromatic heterocycles. The Bertz CT molecular complexity index is 1720. The molecule has 0 heterocycles. The van der Waals surface area contributed by atoms with E-state index in [4.69, 9.17) is 17.2 Å². The second kappa shape index (κ2) is 22.9. The Morgan fingerprint density at radius 1 is 0.596 bits per heavy atom. The van der Waals surface area contributed by atoms with Crippen LogP contribution in [0.3, 0.4) is 0 Å². The summed E-state index contributed by atoms with van der Waals surface area (Å²) in [5, 5.41) is 50.8. The maximum absolute atomic E-state index is 13.7. The minimum absolute atomic E-state index is 0.0256. The number of amides is 6. The van der Waals surface area contributed by atoms with Gasteiger partial charge in [-0.15, -0.1) is 0 Å². The van der Waals surface area contributed by atoms with Crippen LogP contribution in [0.15, 0.2) is 48.5 Å². The number of rotatable bonds is 24. The van der Waals surface area contributed by atoms with Crippen LogP contribution in [0.25, 0.3) is 0 Å². The van der Waals surface area contributed by atoms with Crippen molar-refractivity contribution in [3.63, 3.8) is 0 Å². The molecule has 0 aliphatic rings. The van der Waals surface area contributed by atoms with E-state index in [1.54, 1.807) is 0 Å². The van der Waals surface area contributed by atoms with Crippen molar-refractivity contribution >= 4 is 47.4 Å². The number of carboxylic acids is 2. The molecule has 0 saturated carbocycles. The van der Waals surface area contributed by atoms with Crippen LogP contribution in [0.1, 0.15) is 57.1 Å². The first-order chi connectivity index (χ1) is 26.8. The van der Waals surface area contributed by atoms with Crippen molar-refractivity contribution in [1.82, 2.24) is 26.6 Å². The Hall–Kier alpha value is -6.28. The van der Waals surface area contributed by atoms with Crippen molar-refractivity contribution in [2.75, 3.05) is 6.54 Å². The topological polar surface area (TPSA) is 356 Å². The highest BCUT2D eigenvalue weighted by Crippen LogP contribution is 2.14. The zero-order valence-corrected chi connectivity index (χ0v) is 31.6. The van der Waals surface area contributed by atoms with Crippen molar-refractivity contribution in [1.29, 1.82) is 0 Å². The normalized spacial score (nSPS) is 14.1. The van der Waals surface area contributed by atoms with Gasteiger partial charge in [0.15, 0.2) is 0 Å². The van der Waals surface area contributed by atoms with E-state index in [1.165, 1.54) is 62.4 Å². The largest absolute Gasteiger partial charge is 0.508 e. The zero-order chi connectivity index (χ0) is 42.8.